The third kappa shape index (κ3) is 7.32. The minimum absolute atomic E-state index is 0.0924. The Bertz CT molecular complexity index is 1090. The molecule has 0 spiro atoms. The number of nitrogens with two attached hydrogens (primary N) is 1. The number of aromatic nitrogens is 1. The van der Waals surface area contributed by atoms with Gasteiger partial charge in [0.25, 0.3) is 5.91 Å². The van der Waals surface area contributed by atoms with Crippen LogP contribution in [0.2, 0.25) is 0 Å². The van der Waals surface area contributed by atoms with Gasteiger partial charge in [-0.2, -0.15) is 0 Å². The molecule has 3 rings (SSSR count). The Labute approximate surface area is 187 Å². The summed E-state index contributed by atoms with van der Waals surface area (Å²) in [6.07, 6.45) is -1.80. The highest BCUT2D eigenvalue weighted by Crippen LogP contribution is 2.26. The van der Waals surface area contributed by atoms with Gasteiger partial charge in [0, 0.05) is 48.2 Å². The molecule has 0 radical (unpaired) electrons. The molecule has 172 valence electrons. The number of hydrogen-bond acceptors (Lipinski definition) is 5. The maximum atomic E-state index is 12.5. The van der Waals surface area contributed by atoms with Gasteiger partial charge < -0.3 is 21.1 Å². The summed E-state index contributed by atoms with van der Waals surface area (Å²) in [5.74, 6) is -1.13. The molecule has 4 N–H and O–H groups in total. The number of benzene rings is 2. The van der Waals surface area contributed by atoms with Crippen molar-refractivity contribution in [3.05, 3.63) is 89.7 Å². The first-order valence-electron chi connectivity index (χ1n) is 9.88. The Hall–Kier alpha value is -3.92. The topological polar surface area (TPSA) is 106 Å². The number of halogens is 3. The van der Waals surface area contributed by atoms with Gasteiger partial charge >= 0.3 is 6.36 Å². The third-order valence-electron chi connectivity index (χ3n) is 4.62. The quantitative estimate of drug-likeness (QED) is 0.474. The van der Waals surface area contributed by atoms with E-state index in [1.54, 1.807) is 54.9 Å². The largest absolute Gasteiger partial charge is 0.573 e. The number of carbonyl (C=O) groups is 2. The van der Waals surface area contributed by atoms with Crippen molar-refractivity contribution >= 4 is 17.5 Å². The zero-order chi connectivity index (χ0) is 23.8. The van der Waals surface area contributed by atoms with Crippen LogP contribution in [0.25, 0.3) is 0 Å². The van der Waals surface area contributed by atoms with Crippen LogP contribution in [-0.2, 0) is 11.3 Å². The molecule has 1 unspecified atom stereocenters. The van der Waals surface area contributed by atoms with E-state index in [0.717, 1.165) is 0 Å². The lowest BCUT2D eigenvalue weighted by Gasteiger charge is -2.15. The third-order valence-corrected chi connectivity index (χ3v) is 4.62. The molecule has 0 saturated heterocycles. The Morgan fingerprint density at radius 2 is 1.67 bits per heavy atom. The molecule has 1 heterocycles. The smallest absolute Gasteiger partial charge is 0.405 e. The highest BCUT2D eigenvalue weighted by atomic mass is 19.4. The van der Waals surface area contributed by atoms with Crippen LogP contribution in [0.4, 0.5) is 18.9 Å². The highest BCUT2D eigenvalue weighted by Gasteiger charge is 2.32. The van der Waals surface area contributed by atoms with E-state index in [4.69, 9.17) is 5.73 Å². The van der Waals surface area contributed by atoms with Gasteiger partial charge in [-0.05, 0) is 35.9 Å². The van der Waals surface area contributed by atoms with Crippen LogP contribution < -0.4 is 21.1 Å². The number of ether oxygens (including phenoxy) is 1. The summed E-state index contributed by atoms with van der Waals surface area (Å²) in [5, 5.41) is 5.28. The normalized spacial score (nSPS) is 12.0. The van der Waals surface area contributed by atoms with E-state index in [1.807, 2.05) is 0 Å². The summed E-state index contributed by atoms with van der Waals surface area (Å²) in [5.41, 5.74) is 7.92. The first kappa shape index (κ1) is 23.7. The molecule has 3 aromatic rings. The molecule has 1 aromatic heterocycles. The number of carbonyl (C=O) groups excluding carboxylic acids is 2. The van der Waals surface area contributed by atoms with E-state index in [9.17, 15) is 22.8 Å². The SMILES string of the molecule is NC(CC(=O)NCc1ccccc1OC(F)(F)F)c1ccc(C(=O)Nc2ccncc2)cc1. The lowest BCUT2D eigenvalue weighted by atomic mass is 10.0. The van der Waals surface area contributed by atoms with Crippen molar-refractivity contribution in [3.8, 4) is 5.75 Å². The summed E-state index contributed by atoms with van der Waals surface area (Å²) < 4.78 is 41.5. The van der Waals surface area contributed by atoms with Crippen molar-refractivity contribution in [1.82, 2.24) is 10.3 Å². The van der Waals surface area contributed by atoms with Crippen LogP contribution >= 0.6 is 0 Å². The molecule has 0 fully saturated rings. The number of rotatable bonds is 8. The molecule has 0 aliphatic heterocycles. The van der Waals surface area contributed by atoms with Gasteiger partial charge in [0.05, 0.1) is 0 Å². The zero-order valence-corrected chi connectivity index (χ0v) is 17.3. The minimum atomic E-state index is -4.83. The minimum Gasteiger partial charge on any atom is -0.405 e. The van der Waals surface area contributed by atoms with Crippen molar-refractivity contribution in [1.29, 1.82) is 0 Å². The number of pyridine rings is 1. The summed E-state index contributed by atoms with van der Waals surface area (Å²) >= 11 is 0. The first-order valence-corrected chi connectivity index (χ1v) is 9.88. The Kier molecular flexibility index (Phi) is 7.62. The summed E-state index contributed by atoms with van der Waals surface area (Å²) in [6, 6.07) is 14.7. The van der Waals surface area contributed by atoms with E-state index < -0.39 is 18.3 Å². The summed E-state index contributed by atoms with van der Waals surface area (Å²) in [4.78, 5) is 28.4. The van der Waals surface area contributed by atoms with Gasteiger partial charge in [-0.15, -0.1) is 13.2 Å². The molecule has 2 aromatic carbocycles. The van der Waals surface area contributed by atoms with Crippen LogP contribution in [0.5, 0.6) is 5.75 Å². The monoisotopic (exact) mass is 458 g/mol. The van der Waals surface area contributed by atoms with Gasteiger partial charge in [0.2, 0.25) is 5.91 Å². The molecule has 2 amide bonds. The van der Waals surface area contributed by atoms with E-state index >= 15 is 0 Å². The fourth-order valence-electron chi connectivity index (χ4n) is 2.98. The fraction of sp³-hybridized carbons (Fsp3) is 0.174. The van der Waals surface area contributed by atoms with Crippen molar-refractivity contribution in [3.63, 3.8) is 0 Å². The van der Waals surface area contributed by atoms with Gasteiger partial charge in [-0.1, -0.05) is 30.3 Å². The van der Waals surface area contributed by atoms with Crippen molar-refractivity contribution in [2.45, 2.75) is 25.4 Å². The van der Waals surface area contributed by atoms with Crippen molar-refractivity contribution < 1.29 is 27.5 Å². The molecule has 1 atom stereocenters. The highest BCUT2D eigenvalue weighted by molar-refractivity contribution is 6.04. The second kappa shape index (κ2) is 10.6. The van der Waals surface area contributed by atoms with Gasteiger partial charge in [0.1, 0.15) is 5.75 Å². The molecular weight excluding hydrogens is 437 g/mol. The molecule has 0 saturated carbocycles. The van der Waals surface area contributed by atoms with E-state index in [2.05, 4.69) is 20.4 Å². The number of anilines is 1. The number of nitrogens with one attached hydrogen (secondary N) is 2. The molecule has 33 heavy (non-hydrogen) atoms. The Balaban J connectivity index is 1.53. The number of alkyl halides is 3. The van der Waals surface area contributed by atoms with E-state index in [0.29, 0.717) is 16.8 Å². The molecule has 10 heteroatoms. The first-order chi connectivity index (χ1) is 15.7. The molecule has 0 bridgehead atoms. The van der Waals surface area contributed by atoms with Crippen LogP contribution in [0.3, 0.4) is 0 Å². The van der Waals surface area contributed by atoms with Crippen molar-refractivity contribution in [2.75, 3.05) is 5.32 Å². The van der Waals surface area contributed by atoms with Crippen LogP contribution in [-0.4, -0.2) is 23.2 Å². The average Bonchev–Trinajstić information content (AvgIpc) is 2.78. The van der Waals surface area contributed by atoms with Crippen LogP contribution in [0.1, 0.15) is 33.9 Å². The predicted molar refractivity (Wildman–Crippen MR) is 115 cm³/mol. The lowest BCUT2D eigenvalue weighted by Crippen LogP contribution is -2.27. The molecular formula is C23H21F3N4O3. The second-order valence-corrected chi connectivity index (χ2v) is 7.05. The number of nitrogens with zero attached hydrogens (tertiary/aromatic N) is 1. The standard InChI is InChI=1S/C23H21F3N4O3/c24-23(25,26)33-20-4-2-1-3-17(20)14-29-21(31)13-19(27)15-5-7-16(8-6-15)22(32)30-18-9-11-28-12-10-18/h1-12,19H,13-14,27H2,(H,29,31)(H,28,30,32). The maximum absolute atomic E-state index is 12.5. The van der Waals surface area contributed by atoms with Gasteiger partial charge in [-0.3, -0.25) is 14.6 Å². The summed E-state index contributed by atoms with van der Waals surface area (Å²) in [7, 11) is 0. The zero-order valence-electron chi connectivity index (χ0n) is 17.3. The maximum Gasteiger partial charge on any atom is 0.573 e. The lowest BCUT2D eigenvalue weighted by molar-refractivity contribution is -0.274. The number of hydrogen-bond donors (Lipinski definition) is 3. The van der Waals surface area contributed by atoms with Crippen LogP contribution in [0, 0.1) is 0 Å². The average molecular weight is 458 g/mol. The second-order valence-electron chi connectivity index (χ2n) is 7.05. The molecule has 0 aliphatic rings. The van der Waals surface area contributed by atoms with Crippen molar-refractivity contribution in [2.24, 2.45) is 5.73 Å². The van der Waals surface area contributed by atoms with E-state index in [-0.39, 0.29) is 30.2 Å². The predicted octanol–water partition coefficient (Wildman–Crippen LogP) is 3.94. The van der Waals surface area contributed by atoms with E-state index in [1.165, 1.54) is 18.2 Å². The molecule has 0 aliphatic carbocycles. The molecule has 7 nitrogen and oxygen atoms in total. The number of amides is 2. The fourth-order valence-corrected chi connectivity index (χ4v) is 2.98. The van der Waals surface area contributed by atoms with Gasteiger partial charge in [0.15, 0.2) is 0 Å². The Morgan fingerprint density at radius 1 is 1.00 bits per heavy atom. The van der Waals surface area contributed by atoms with Gasteiger partial charge in [-0.25, -0.2) is 0 Å². The number of para-hydroxylation sites is 1. The summed E-state index contributed by atoms with van der Waals surface area (Å²) in [6.45, 7) is -0.147. The Morgan fingerprint density at radius 3 is 2.33 bits per heavy atom. The van der Waals surface area contributed by atoms with Crippen LogP contribution in [0.15, 0.2) is 73.1 Å².